The van der Waals surface area contributed by atoms with Crippen molar-refractivity contribution in [1.82, 2.24) is 14.8 Å². The van der Waals surface area contributed by atoms with Crippen LogP contribution in [-0.4, -0.2) is 77.4 Å². The molecule has 0 saturated heterocycles. The summed E-state index contributed by atoms with van der Waals surface area (Å²) in [5, 5.41) is 12.9. The monoisotopic (exact) mass is 792 g/mol. The number of allylic oxidation sites excluding steroid dienone is 2. The molecule has 56 heavy (non-hydrogen) atoms. The van der Waals surface area contributed by atoms with Crippen molar-refractivity contribution in [2.45, 2.75) is 146 Å². The number of likely N-dealkylation sites (N-methyl/N-ethyl adjacent to an activating group) is 1. The van der Waals surface area contributed by atoms with Gasteiger partial charge in [-0.05, 0) is 136 Å². The van der Waals surface area contributed by atoms with Gasteiger partial charge < -0.3 is 14.7 Å². The molecule has 5 saturated carbocycles. The van der Waals surface area contributed by atoms with E-state index in [1.54, 1.807) is 16.9 Å². The van der Waals surface area contributed by atoms with Gasteiger partial charge in [-0.25, -0.2) is 4.98 Å². The number of carboxylic acid groups (broad SMARTS) is 1. The van der Waals surface area contributed by atoms with Crippen LogP contribution in [-0.2, 0) is 25.7 Å². The van der Waals surface area contributed by atoms with E-state index >= 15 is 0 Å². The molecule has 0 amide bonds. The zero-order chi connectivity index (χ0) is 40.8. The van der Waals surface area contributed by atoms with Crippen molar-refractivity contribution in [3.05, 3.63) is 27.7 Å². The van der Waals surface area contributed by atoms with E-state index in [1.807, 2.05) is 20.0 Å². The molecule has 6 aliphatic rings. The van der Waals surface area contributed by atoms with Crippen LogP contribution in [0.5, 0.6) is 0 Å². The van der Waals surface area contributed by atoms with Gasteiger partial charge in [-0.15, -0.1) is 11.3 Å². The average molecular weight is 792 g/mol. The largest absolute Gasteiger partial charge is 0.481 e. The maximum atomic E-state index is 14.3. The molecule has 1 aromatic rings. The van der Waals surface area contributed by atoms with Crippen LogP contribution in [0.15, 0.2) is 22.7 Å². The third-order valence-electron chi connectivity index (χ3n) is 18.2. The lowest BCUT2D eigenvalue weighted by Gasteiger charge is -2.72. The summed E-state index contributed by atoms with van der Waals surface area (Å²) in [6, 6.07) is 0. The Labute approximate surface area is 342 Å². The summed E-state index contributed by atoms with van der Waals surface area (Å²) in [6.07, 6.45) is 12.7. The van der Waals surface area contributed by atoms with Crippen LogP contribution in [0.25, 0.3) is 0 Å². The van der Waals surface area contributed by atoms with E-state index in [2.05, 4.69) is 82.7 Å². The SMILES string of the molecule is CC(C)C1=C2[C@H]3CC[C@@H]4[C@@]5(C)CC[C@H](OC(=O)[C@H]6C[C@@H](C(=O)O)C6(C)C)C(C)(C)[C@@H]5CC[C@@]4(C)[C@]3(C)CC[C@@]2(CCN(CCN(C)C)Cc2nccs2)CC1=O. The highest BCUT2D eigenvalue weighted by atomic mass is 32.1. The third kappa shape index (κ3) is 6.49. The number of aliphatic carboxylic acids is 1. The van der Waals surface area contributed by atoms with Crippen LogP contribution in [0.1, 0.15) is 138 Å². The number of ether oxygens (including phenoxy) is 1. The maximum absolute atomic E-state index is 14.3. The Morgan fingerprint density at radius 1 is 0.893 bits per heavy atom. The Hall–Kier alpha value is -2.10. The zero-order valence-corrected chi connectivity index (χ0v) is 37.4. The number of rotatable bonds is 12. The average Bonchev–Trinajstić information content (AvgIpc) is 3.72. The molecule has 312 valence electrons. The Bertz CT molecular complexity index is 1720. The molecular formula is C47H73N3O5S. The Morgan fingerprint density at radius 2 is 1.62 bits per heavy atom. The van der Waals surface area contributed by atoms with E-state index < -0.39 is 17.3 Å². The van der Waals surface area contributed by atoms with E-state index in [4.69, 9.17) is 4.74 Å². The zero-order valence-electron chi connectivity index (χ0n) is 36.6. The molecule has 0 aromatic carbocycles. The number of fused-ring (bicyclic) bond motifs is 7. The lowest BCUT2D eigenvalue weighted by Crippen LogP contribution is -2.66. The summed E-state index contributed by atoms with van der Waals surface area (Å²) < 4.78 is 6.45. The van der Waals surface area contributed by atoms with Gasteiger partial charge in [-0.2, -0.15) is 0 Å². The number of thiazole rings is 1. The smallest absolute Gasteiger partial charge is 0.309 e. The van der Waals surface area contributed by atoms with Crippen LogP contribution in [0.3, 0.4) is 0 Å². The number of hydrogen-bond acceptors (Lipinski definition) is 8. The maximum Gasteiger partial charge on any atom is 0.309 e. The molecule has 0 unspecified atom stereocenters. The van der Waals surface area contributed by atoms with Crippen molar-refractivity contribution in [2.24, 2.45) is 68.0 Å². The quantitative estimate of drug-likeness (QED) is 0.209. The summed E-state index contributed by atoms with van der Waals surface area (Å²) in [5.41, 5.74) is 2.34. The lowest BCUT2D eigenvalue weighted by molar-refractivity contribution is -0.236. The van der Waals surface area contributed by atoms with Gasteiger partial charge in [0, 0.05) is 41.9 Å². The minimum absolute atomic E-state index is 0.0478. The molecule has 8 nitrogen and oxygen atoms in total. The van der Waals surface area contributed by atoms with Gasteiger partial charge in [0.05, 0.1) is 18.4 Å². The number of carbonyl (C=O) groups is 3. The van der Waals surface area contributed by atoms with Crippen LogP contribution in [0.2, 0.25) is 0 Å². The number of carboxylic acids is 1. The minimum atomic E-state index is -0.814. The molecule has 9 heteroatoms. The first-order valence-corrected chi connectivity index (χ1v) is 23.0. The predicted octanol–water partition coefficient (Wildman–Crippen LogP) is 9.54. The molecule has 5 fully saturated rings. The number of ketones is 1. The van der Waals surface area contributed by atoms with Gasteiger partial charge >= 0.3 is 11.9 Å². The number of Topliss-reactive ketones (excluding diaryl/α,β-unsaturated/α-hetero) is 1. The fourth-order valence-corrected chi connectivity index (χ4v) is 15.4. The van der Waals surface area contributed by atoms with E-state index in [0.29, 0.717) is 36.4 Å². The fourth-order valence-electron chi connectivity index (χ4n) is 14.7. The molecule has 6 aliphatic carbocycles. The Balaban J connectivity index is 1.13. The molecule has 1 heterocycles. The molecule has 0 radical (unpaired) electrons. The number of hydrogen-bond donors (Lipinski definition) is 1. The van der Waals surface area contributed by atoms with Crippen LogP contribution in [0, 0.1) is 68.0 Å². The first-order chi connectivity index (χ1) is 26.1. The number of esters is 1. The number of aromatic nitrogens is 1. The van der Waals surface area contributed by atoms with Crippen molar-refractivity contribution in [2.75, 3.05) is 33.7 Å². The molecule has 0 spiro atoms. The van der Waals surface area contributed by atoms with E-state index in [1.165, 1.54) is 29.8 Å². The molecule has 10 atom stereocenters. The highest BCUT2D eigenvalue weighted by Crippen LogP contribution is 2.77. The highest BCUT2D eigenvalue weighted by Gasteiger charge is 2.70. The normalized spacial score (nSPS) is 39.9. The summed E-state index contributed by atoms with van der Waals surface area (Å²) in [5.74, 6) is 0.230. The van der Waals surface area contributed by atoms with E-state index in [-0.39, 0.29) is 51.0 Å². The summed E-state index contributed by atoms with van der Waals surface area (Å²) >= 11 is 1.74. The van der Waals surface area contributed by atoms with Crippen LogP contribution >= 0.6 is 11.3 Å². The van der Waals surface area contributed by atoms with E-state index in [9.17, 15) is 19.5 Å². The van der Waals surface area contributed by atoms with Gasteiger partial charge in [0.25, 0.3) is 0 Å². The van der Waals surface area contributed by atoms with Crippen molar-refractivity contribution in [1.29, 1.82) is 0 Å². The summed E-state index contributed by atoms with van der Waals surface area (Å²) in [7, 11) is 4.30. The van der Waals surface area contributed by atoms with Crippen LogP contribution < -0.4 is 0 Å². The van der Waals surface area contributed by atoms with Gasteiger partial charge in [0.2, 0.25) is 0 Å². The van der Waals surface area contributed by atoms with Gasteiger partial charge in [-0.3, -0.25) is 19.3 Å². The van der Waals surface area contributed by atoms with Gasteiger partial charge in [-0.1, -0.05) is 67.9 Å². The summed E-state index contributed by atoms with van der Waals surface area (Å²) in [6.45, 7) is 24.8. The topological polar surface area (TPSA) is 100 Å². The first kappa shape index (κ1) is 42.0. The molecule has 1 N–H and O–H groups in total. The number of nitrogens with zero attached hydrogens (tertiary/aromatic N) is 3. The Kier molecular flexibility index (Phi) is 10.9. The third-order valence-corrected chi connectivity index (χ3v) is 19.0. The molecule has 0 bridgehead atoms. The first-order valence-electron chi connectivity index (χ1n) is 22.1. The Morgan fingerprint density at radius 3 is 2.25 bits per heavy atom. The minimum Gasteiger partial charge on any atom is -0.481 e. The van der Waals surface area contributed by atoms with E-state index in [0.717, 1.165) is 64.7 Å². The van der Waals surface area contributed by atoms with Crippen LogP contribution in [0.4, 0.5) is 0 Å². The van der Waals surface area contributed by atoms with Gasteiger partial charge in [0.15, 0.2) is 5.78 Å². The van der Waals surface area contributed by atoms with Crippen molar-refractivity contribution >= 4 is 29.1 Å². The lowest BCUT2D eigenvalue weighted by atomic mass is 9.33. The molecule has 1 aromatic heterocycles. The standard InChI is InChI=1S/C47H73N3O5S/c1-29(2)38-33(51)27-47(20-22-50(24-23-49(10)11)28-37-48-21-25-56-37)19-18-45(8)30(39(38)47)12-13-35-44(7)16-15-36(43(5,6)34(44)14-17-46(35,45)9)55-41(54)32-26-31(40(52)53)42(32,3)4/h21,25,29-32,34-36H,12-20,22-24,26-28H2,1-11H3,(H,52,53)/t30-,31+,32-,34+,35-,36+,44+,45-,46-,47-/m1/s1. The molecular weight excluding hydrogens is 719 g/mol. The number of carbonyl (C=O) groups excluding carboxylic acids is 2. The second-order valence-electron chi connectivity index (χ2n) is 22.0. The van der Waals surface area contributed by atoms with Crippen molar-refractivity contribution in [3.63, 3.8) is 0 Å². The highest BCUT2D eigenvalue weighted by molar-refractivity contribution is 7.09. The second kappa shape index (κ2) is 14.6. The summed E-state index contributed by atoms with van der Waals surface area (Å²) in [4.78, 5) is 49.2. The predicted molar refractivity (Wildman–Crippen MR) is 223 cm³/mol. The fraction of sp³-hybridized carbons (Fsp3) is 0.830. The van der Waals surface area contributed by atoms with Gasteiger partial charge in [0.1, 0.15) is 11.1 Å². The van der Waals surface area contributed by atoms with Crippen molar-refractivity contribution < 1.29 is 24.2 Å². The van der Waals surface area contributed by atoms with Crippen molar-refractivity contribution in [3.8, 4) is 0 Å². The molecule has 0 aliphatic heterocycles. The molecule has 7 rings (SSSR count). The second-order valence-corrected chi connectivity index (χ2v) is 23.0.